The fourth-order valence-electron chi connectivity index (χ4n) is 1.26. The Balaban J connectivity index is 2.60. The van der Waals surface area contributed by atoms with Crippen LogP contribution in [0, 0.1) is 11.7 Å². The van der Waals surface area contributed by atoms with Gasteiger partial charge in [-0.1, -0.05) is 13.8 Å². The molecular formula is C13H17BrFNO2. The van der Waals surface area contributed by atoms with Gasteiger partial charge in [0.15, 0.2) is 6.10 Å². The van der Waals surface area contributed by atoms with Crippen LogP contribution in [-0.2, 0) is 4.79 Å². The first-order chi connectivity index (χ1) is 8.40. The maximum Gasteiger partial charge on any atom is 0.260 e. The quantitative estimate of drug-likeness (QED) is 0.906. The number of carbonyl (C=O) groups is 1. The van der Waals surface area contributed by atoms with Crippen molar-refractivity contribution in [3.8, 4) is 5.75 Å². The molecule has 0 bridgehead atoms. The number of hydrogen-bond acceptors (Lipinski definition) is 2. The molecule has 0 heterocycles. The molecular weight excluding hydrogens is 301 g/mol. The van der Waals surface area contributed by atoms with E-state index >= 15 is 0 Å². The number of nitrogens with one attached hydrogen (secondary N) is 1. The average Bonchev–Trinajstić information content (AvgIpc) is 2.30. The van der Waals surface area contributed by atoms with Crippen LogP contribution in [0.25, 0.3) is 0 Å². The van der Waals surface area contributed by atoms with E-state index in [0.29, 0.717) is 22.7 Å². The molecule has 1 aromatic rings. The SMILES string of the molecule is CC(C)CNC(=O)C(C)Oc1cc(F)ccc1Br. The van der Waals surface area contributed by atoms with Crippen LogP contribution >= 0.6 is 15.9 Å². The van der Waals surface area contributed by atoms with Crippen LogP contribution < -0.4 is 10.1 Å². The number of hydrogen-bond donors (Lipinski definition) is 1. The highest BCUT2D eigenvalue weighted by atomic mass is 79.9. The first-order valence-corrected chi connectivity index (χ1v) is 6.59. The second-order valence-corrected chi connectivity index (χ2v) is 5.33. The summed E-state index contributed by atoms with van der Waals surface area (Å²) in [5.74, 6) is 0.0899. The van der Waals surface area contributed by atoms with Crippen LogP contribution in [0.1, 0.15) is 20.8 Å². The molecule has 0 spiro atoms. The maximum absolute atomic E-state index is 13.1. The highest BCUT2D eigenvalue weighted by Gasteiger charge is 2.16. The Kier molecular flexibility index (Phi) is 5.59. The molecule has 1 N–H and O–H groups in total. The second kappa shape index (κ2) is 6.73. The van der Waals surface area contributed by atoms with Crippen molar-refractivity contribution in [2.75, 3.05) is 6.54 Å². The molecule has 0 saturated carbocycles. The zero-order valence-corrected chi connectivity index (χ0v) is 12.3. The second-order valence-electron chi connectivity index (χ2n) is 4.47. The molecule has 0 fully saturated rings. The molecule has 0 aromatic heterocycles. The number of ether oxygens (including phenoxy) is 1. The van der Waals surface area contributed by atoms with Gasteiger partial charge in [-0.2, -0.15) is 0 Å². The summed E-state index contributed by atoms with van der Waals surface area (Å²) in [7, 11) is 0. The summed E-state index contributed by atoms with van der Waals surface area (Å²) in [6.45, 7) is 6.24. The molecule has 0 radical (unpaired) electrons. The van der Waals surface area contributed by atoms with Gasteiger partial charge in [0.1, 0.15) is 11.6 Å². The van der Waals surface area contributed by atoms with E-state index in [1.807, 2.05) is 13.8 Å². The molecule has 0 aliphatic heterocycles. The molecule has 1 aromatic carbocycles. The summed E-state index contributed by atoms with van der Waals surface area (Å²) in [6, 6.07) is 4.11. The first kappa shape index (κ1) is 15.0. The van der Waals surface area contributed by atoms with Crippen LogP contribution in [0.5, 0.6) is 5.75 Å². The highest BCUT2D eigenvalue weighted by Crippen LogP contribution is 2.26. The molecule has 100 valence electrons. The van der Waals surface area contributed by atoms with Gasteiger partial charge in [0.2, 0.25) is 0 Å². The third-order valence-corrected chi connectivity index (χ3v) is 2.91. The van der Waals surface area contributed by atoms with Crippen molar-refractivity contribution in [1.29, 1.82) is 0 Å². The minimum Gasteiger partial charge on any atom is -0.480 e. The molecule has 1 amide bonds. The van der Waals surface area contributed by atoms with Gasteiger partial charge in [-0.3, -0.25) is 4.79 Å². The fourth-order valence-corrected chi connectivity index (χ4v) is 1.60. The summed E-state index contributed by atoms with van der Waals surface area (Å²) < 4.78 is 19.1. The molecule has 0 aliphatic rings. The summed E-state index contributed by atoms with van der Waals surface area (Å²) in [5, 5.41) is 2.76. The normalized spacial score (nSPS) is 12.3. The van der Waals surface area contributed by atoms with Crippen molar-refractivity contribution >= 4 is 21.8 Å². The Hall–Kier alpha value is -1.10. The van der Waals surface area contributed by atoms with Gasteiger partial charge in [0.25, 0.3) is 5.91 Å². The van der Waals surface area contributed by atoms with E-state index in [1.54, 1.807) is 13.0 Å². The van der Waals surface area contributed by atoms with E-state index in [-0.39, 0.29) is 5.91 Å². The van der Waals surface area contributed by atoms with E-state index < -0.39 is 11.9 Å². The van der Waals surface area contributed by atoms with Crippen LogP contribution in [0.2, 0.25) is 0 Å². The molecule has 5 heteroatoms. The van der Waals surface area contributed by atoms with E-state index in [0.717, 1.165) is 0 Å². The monoisotopic (exact) mass is 317 g/mol. The number of rotatable bonds is 5. The van der Waals surface area contributed by atoms with Gasteiger partial charge in [0, 0.05) is 12.6 Å². The Morgan fingerprint density at radius 2 is 2.11 bits per heavy atom. The lowest BCUT2D eigenvalue weighted by Gasteiger charge is -2.16. The topological polar surface area (TPSA) is 38.3 Å². The van der Waals surface area contributed by atoms with Crippen molar-refractivity contribution in [3.63, 3.8) is 0 Å². The largest absolute Gasteiger partial charge is 0.480 e. The van der Waals surface area contributed by atoms with Gasteiger partial charge >= 0.3 is 0 Å². The van der Waals surface area contributed by atoms with E-state index in [4.69, 9.17) is 4.74 Å². The summed E-state index contributed by atoms with van der Waals surface area (Å²) >= 11 is 3.25. The van der Waals surface area contributed by atoms with E-state index in [1.165, 1.54) is 12.1 Å². The van der Waals surface area contributed by atoms with Crippen LogP contribution in [0.4, 0.5) is 4.39 Å². The summed E-state index contributed by atoms with van der Waals surface area (Å²) in [6.07, 6.45) is -0.665. The number of carbonyl (C=O) groups excluding carboxylic acids is 1. The zero-order valence-electron chi connectivity index (χ0n) is 10.7. The van der Waals surface area contributed by atoms with Crippen LogP contribution in [0.3, 0.4) is 0 Å². The predicted molar refractivity (Wildman–Crippen MR) is 72.0 cm³/mol. The highest BCUT2D eigenvalue weighted by molar-refractivity contribution is 9.10. The van der Waals surface area contributed by atoms with Crippen LogP contribution in [0.15, 0.2) is 22.7 Å². The van der Waals surface area contributed by atoms with E-state index in [2.05, 4.69) is 21.2 Å². The predicted octanol–water partition coefficient (Wildman–Crippen LogP) is 3.13. The molecule has 3 nitrogen and oxygen atoms in total. The Morgan fingerprint density at radius 3 is 2.72 bits per heavy atom. The van der Waals surface area contributed by atoms with Crippen molar-refractivity contribution < 1.29 is 13.9 Å². The molecule has 1 atom stereocenters. The van der Waals surface area contributed by atoms with Crippen molar-refractivity contribution in [2.45, 2.75) is 26.9 Å². The van der Waals surface area contributed by atoms with E-state index in [9.17, 15) is 9.18 Å². The minimum absolute atomic E-state index is 0.208. The smallest absolute Gasteiger partial charge is 0.260 e. The lowest BCUT2D eigenvalue weighted by Crippen LogP contribution is -2.38. The number of benzene rings is 1. The third-order valence-electron chi connectivity index (χ3n) is 2.25. The summed E-state index contributed by atoms with van der Waals surface area (Å²) in [4.78, 5) is 11.7. The third kappa shape index (κ3) is 4.64. The van der Waals surface area contributed by atoms with Crippen molar-refractivity contribution in [3.05, 3.63) is 28.5 Å². The van der Waals surface area contributed by atoms with Gasteiger partial charge in [-0.25, -0.2) is 4.39 Å². The Bertz CT molecular complexity index is 423. The molecule has 1 unspecified atom stereocenters. The Morgan fingerprint density at radius 1 is 1.44 bits per heavy atom. The lowest BCUT2D eigenvalue weighted by atomic mass is 10.2. The van der Waals surface area contributed by atoms with Gasteiger partial charge in [-0.15, -0.1) is 0 Å². The molecule has 18 heavy (non-hydrogen) atoms. The zero-order chi connectivity index (χ0) is 13.7. The fraction of sp³-hybridized carbons (Fsp3) is 0.462. The standard InChI is InChI=1S/C13H17BrFNO2/c1-8(2)7-16-13(17)9(3)18-12-6-10(15)4-5-11(12)14/h4-6,8-9H,7H2,1-3H3,(H,16,17). The lowest BCUT2D eigenvalue weighted by molar-refractivity contribution is -0.127. The maximum atomic E-state index is 13.1. The van der Waals surface area contributed by atoms with Gasteiger partial charge < -0.3 is 10.1 Å². The van der Waals surface area contributed by atoms with Crippen molar-refractivity contribution in [2.24, 2.45) is 5.92 Å². The van der Waals surface area contributed by atoms with Gasteiger partial charge in [-0.05, 0) is 40.9 Å². The number of halogens is 2. The van der Waals surface area contributed by atoms with Gasteiger partial charge in [0.05, 0.1) is 4.47 Å². The molecule has 0 aliphatic carbocycles. The average molecular weight is 318 g/mol. The molecule has 1 rings (SSSR count). The number of amides is 1. The summed E-state index contributed by atoms with van der Waals surface area (Å²) in [5.41, 5.74) is 0. The van der Waals surface area contributed by atoms with Crippen LogP contribution in [-0.4, -0.2) is 18.6 Å². The van der Waals surface area contributed by atoms with Crippen molar-refractivity contribution in [1.82, 2.24) is 5.32 Å². The minimum atomic E-state index is -0.665. The Labute approximate surface area is 115 Å². The first-order valence-electron chi connectivity index (χ1n) is 5.79. The molecule has 0 saturated heterocycles.